The first-order valence-corrected chi connectivity index (χ1v) is 9.88. The third-order valence-electron chi connectivity index (χ3n) is 3.87. The lowest BCUT2D eigenvalue weighted by Gasteiger charge is -2.16. The average molecular weight is 451 g/mol. The minimum Gasteiger partial charge on any atom is -0.490 e. The van der Waals surface area contributed by atoms with Crippen molar-refractivity contribution < 1.29 is 13.9 Å². The molecule has 0 saturated heterocycles. The fourth-order valence-electron chi connectivity index (χ4n) is 2.61. The van der Waals surface area contributed by atoms with Crippen LogP contribution in [0.15, 0.2) is 63.7 Å². The summed E-state index contributed by atoms with van der Waals surface area (Å²) in [5.74, 6) is 2.32. The first kappa shape index (κ1) is 19.8. The Morgan fingerprint density at radius 1 is 1.04 bits per heavy atom. The van der Waals surface area contributed by atoms with Crippen molar-refractivity contribution in [3.63, 3.8) is 0 Å². The van der Waals surface area contributed by atoms with Gasteiger partial charge in [0.25, 0.3) is 0 Å². The first-order chi connectivity index (χ1) is 13.2. The first-order valence-electron chi connectivity index (χ1n) is 8.71. The quantitative estimate of drug-likeness (QED) is 0.436. The Balaban J connectivity index is 1.68. The van der Waals surface area contributed by atoms with Crippen LogP contribution in [0.1, 0.15) is 23.8 Å². The Morgan fingerprint density at radius 3 is 2.56 bits per heavy atom. The SMILES string of the molecule is CCOc1cc(CNCc2ccco2)cc(Br)c1OCc1ccc(Cl)cc1. The molecule has 0 unspecified atom stereocenters. The topological polar surface area (TPSA) is 43.6 Å². The van der Waals surface area contributed by atoms with Gasteiger partial charge in [-0.05, 0) is 70.4 Å². The van der Waals surface area contributed by atoms with Crippen LogP contribution in [0, 0.1) is 0 Å². The molecular formula is C21H21BrClNO3. The zero-order chi connectivity index (χ0) is 19.1. The molecule has 0 bridgehead atoms. The summed E-state index contributed by atoms with van der Waals surface area (Å²) in [5.41, 5.74) is 2.13. The van der Waals surface area contributed by atoms with Gasteiger partial charge in [0.15, 0.2) is 11.5 Å². The number of rotatable bonds is 9. The monoisotopic (exact) mass is 449 g/mol. The van der Waals surface area contributed by atoms with Gasteiger partial charge < -0.3 is 19.2 Å². The van der Waals surface area contributed by atoms with Crippen LogP contribution in [0.3, 0.4) is 0 Å². The van der Waals surface area contributed by atoms with Gasteiger partial charge in [-0.3, -0.25) is 0 Å². The van der Waals surface area contributed by atoms with Crippen molar-refractivity contribution >= 4 is 27.5 Å². The van der Waals surface area contributed by atoms with Crippen molar-refractivity contribution in [3.8, 4) is 11.5 Å². The summed E-state index contributed by atoms with van der Waals surface area (Å²) in [6.07, 6.45) is 1.67. The van der Waals surface area contributed by atoms with E-state index in [-0.39, 0.29) is 0 Å². The molecule has 1 aromatic heterocycles. The van der Waals surface area contributed by atoms with E-state index < -0.39 is 0 Å². The van der Waals surface area contributed by atoms with Gasteiger partial charge in [-0.15, -0.1) is 0 Å². The van der Waals surface area contributed by atoms with Crippen molar-refractivity contribution in [2.75, 3.05) is 6.61 Å². The number of nitrogens with one attached hydrogen (secondary N) is 1. The highest BCUT2D eigenvalue weighted by Gasteiger charge is 2.13. The molecule has 0 saturated carbocycles. The van der Waals surface area contributed by atoms with E-state index >= 15 is 0 Å². The highest BCUT2D eigenvalue weighted by atomic mass is 79.9. The Morgan fingerprint density at radius 2 is 1.85 bits per heavy atom. The van der Waals surface area contributed by atoms with E-state index in [1.807, 2.05) is 55.5 Å². The van der Waals surface area contributed by atoms with Gasteiger partial charge in [0.1, 0.15) is 12.4 Å². The van der Waals surface area contributed by atoms with Gasteiger partial charge in [0.05, 0.1) is 23.9 Å². The van der Waals surface area contributed by atoms with E-state index in [2.05, 4.69) is 21.2 Å². The van der Waals surface area contributed by atoms with Crippen molar-refractivity contribution in [2.24, 2.45) is 0 Å². The van der Waals surface area contributed by atoms with Gasteiger partial charge in [-0.1, -0.05) is 23.7 Å². The van der Waals surface area contributed by atoms with Crippen LogP contribution in [0.5, 0.6) is 11.5 Å². The minimum atomic E-state index is 0.436. The Bertz CT molecular complexity index is 851. The smallest absolute Gasteiger partial charge is 0.175 e. The van der Waals surface area contributed by atoms with Crippen molar-refractivity contribution in [1.29, 1.82) is 0 Å². The van der Waals surface area contributed by atoms with Crippen LogP contribution in [-0.2, 0) is 19.7 Å². The molecule has 27 heavy (non-hydrogen) atoms. The maximum absolute atomic E-state index is 6.01. The average Bonchev–Trinajstić information content (AvgIpc) is 3.16. The highest BCUT2D eigenvalue weighted by Crippen LogP contribution is 2.37. The minimum absolute atomic E-state index is 0.436. The fraction of sp³-hybridized carbons (Fsp3) is 0.238. The second kappa shape index (κ2) is 9.83. The van der Waals surface area contributed by atoms with Crippen LogP contribution >= 0.6 is 27.5 Å². The molecule has 1 heterocycles. The molecule has 2 aromatic carbocycles. The maximum Gasteiger partial charge on any atom is 0.175 e. The summed E-state index contributed by atoms with van der Waals surface area (Å²) in [6, 6.07) is 15.5. The number of hydrogen-bond donors (Lipinski definition) is 1. The van der Waals surface area contributed by atoms with Crippen molar-refractivity contribution in [1.82, 2.24) is 5.32 Å². The summed E-state index contributed by atoms with van der Waals surface area (Å²) < 4.78 is 18.0. The maximum atomic E-state index is 6.01. The largest absolute Gasteiger partial charge is 0.490 e. The molecule has 3 aromatic rings. The number of halogens is 2. The number of benzene rings is 2. The Kier molecular flexibility index (Phi) is 7.21. The number of ether oxygens (including phenoxy) is 2. The lowest BCUT2D eigenvalue weighted by molar-refractivity contribution is 0.267. The third kappa shape index (κ3) is 5.76. The number of hydrogen-bond acceptors (Lipinski definition) is 4. The predicted octanol–water partition coefficient (Wildman–Crippen LogP) is 5.96. The summed E-state index contributed by atoms with van der Waals surface area (Å²) >= 11 is 9.54. The van der Waals surface area contributed by atoms with E-state index in [0.29, 0.717) is 37.1 Å². The summed E-state index contributed by atoms with van der Waals surface area (Å²) in [5, 5.41) is 4.07. The Labute approximate surface area is 172 Å². The standard InChI is InChI=1S/C21H21BrClNO3/c1-2-25-20-11-16(12-24-13-18-4-3-9-26-18)10-19(22)21(20)27-14-15-5-7-17(23)8-6-15/h3-11,24H,2,12-14H2,1H3. The Hall–Kier alpha value is -1.95. The van der Waals surface area contributed by atoms with Crippen LogP contribution in [0.4, 0.5) is 0 Å². The summed E-state index contributed by atoms with van der Waals surface area (Å²) in [6.45, 7) is 4.32. The lowest BCUT2D eigenvalue weighted by Crippen LogP contribution is -2.12. The predicted molar refractivity (Wildman–Crippen MR) is 110 cm³/mol. The van der Waals surface area contributed by atoms with E-state index in [9.17, 15) is 0 Å². The van der Waals surface area contributed by atoms with E-state index in [0.717, 1.165) is 27.1 Å². The zero-order valence-electron chi connectivity index (χ0n) is 15.0. The van der Waals surface area contributed by atoms with Gasteiger partial charge in [-0.2, -0.15) is 0 Å². The van der Waals surface area contributed by atoms with Crippen LogP contribution in [0.25, 0.3) is 0 Å². The molecule has 0 aliphatic rings. The molecule has 0 aliphatic heterocycles. The summed E-state index contributed by atoms with van der Waals surface area (Å²) in [4.78, 5) is 0. The van der Waals surface area contributed by atoms with Gasteiger partial charge in [0, 0.05) is 11.6 Å². The third-order valence-corrected chi connectivity index (χ3v) is 4.72. The molecule has 0 aliphatic carbocycles. The van der Waals surface area contributed by atoms with Crippen LogP contribution in [0.2, 0.25) is 5.02 Å². The van der Waals surface area contributed by atoms with Gasteiger partial charge in [0.2, 0.25) is 0 Å². The van der Waals surface area contributed by atoms with E-state index in [1.165, 1.54) is 0 Å². The molecule has 0 atom stereocenters. The van der Waals surface area contributed by atoms with Gasteiger partial charge >= 0.3 is 0 Å². The molecule has 6 heteroatoms. The highest BCUT2D eigenvalue weighted by molar-refractivity contribution is 9.10. The molecule has 0 spiro atoms. The summed E-state index contributed by atoms with van der Waals surface area (Å²) in [7, 11) is 0. The molecule has 0 radical (unpaired) electrons. The second-order valence-electron chi connectivity index (χ2n) is 5.94. The lowest BCUT2D eigenvalue weighted by atomic mass is 10.2. The van der Waals surface area contributed by atoms with Crippen molar-refractivity contribution in [3.05, 3.63) is 81.2 Å². The molecule has 4 nitrogen and oxygen atoms in total. The molecule has 0 amide bonds. The normalized spacial score (nSPS) is 10.8. The molecule has 3 rings (SSSR count). The molecule has 0 fully saturated rings. The van der Waals surface area contributed by atoms with Crippen LogP contribution in [-0.4, -0.2) is 6.61 Å². The molecule has 142 valence electrons. The van der Waals surface area contributed by atoms with E-state index in [1.54, 1.807) is 6.26 Å². The van der Waals surface area contributed by atoms with Crippen molar-refractivity contribution in [2.45, 2.75) is 26.6 Å². The van der Waals surface area contributed by atoms with Gasteiger partial charge in [-0.25, -0.2) is 0 Å². The number of furan rings is 1. The van der Waals surface area contributed by atoms with E-state index in [4.69, 9.17) is 25.5 Å². The molecule has 1 N–H and O–H groups in total. The van der Waals surface area contributed by atoms with Crippen LogP contribution < -0.4 is 14.8 Å². The molecular weight excluding hydrogens is 430 g/mol. The fourth-order valence-corrected chi connectivity index (χ4v) is 3.34. The second-order valence-corrected chi connectivity index (χ2v) is 7.23. The zero-order valence-corrected chi connectivity index (χ0v) is 17.3.